The lowest BCUT2D eigenvalue weighted by molar-refractivity contribution is -0.118. The summed E-state index contributed by atoms with van der Waals surface area (Å²) in [6.45, 7) is 3.64. The molecule has 8 nitrogen and oxygen atoms in total. The fraction of sp³-hybridized carbons (Fsp3) is 0.500. The smallest absolute Gasteiger partial charge is 0.237 e. The SMILES string of the molecule is CCN(C(=O)CSc1nnc(CCC(N)=O)n1CC1CCCO1)c1ccc(F)cc1. The van der Waals surface area contributed by atoms with E-state index in [0.29, 0.717) is 36.2 Å². The van der Waals surface area contributed by atoms with Gasteiger partial charge in [-0.3, -0.25) is 9.59 Å². The number of thioether (sulfide) groups is 1. The monoisotopic (exact) mass is 435 g/mol. The van der Waals surface area contributed by atoms with Crippen LogP contribution < -0.4 is 10.6 Å². The third-order valence-corrected chi connectivity index (χ3v) is 5.83. The standard InChI is InChI=1S/C20H26FN5O3S/c1-2-25(15-7-5-14(21)6-8-15)19(28)13-30-20-24-23-18(10-9-17(22)27)26(20)12-16-4-3-11-29-16/h5-8,16H,2-4,9-13H2,1H3,(H2,22,27). The first-order valence-electron chi connectivity index (χ1n) is 9.98. The minimum Gasteiger partial charge on any atom is -0.376 e. The number of ether oxygens (including phenoxy) is 1. The van der Waals surface area contributed by atoms with Crippen LogP contribution in [0.25, 0.3) is 0 Å². The van der Waals surface area contributed by atoms with Crippen molar-refractivity contribution in [1.29, 1.82) is 0 Å². The Morgan fingerprint density at radius 3 is 2.73 bits per heavy atom. The highest BCUT2D eigenvalue weighted by Crippen LogP contribution is 2.23. The molecule has 162 valence electrons. The second kappa shape index (κ2) is 10.5. The molecule has 2 aromatic rings. The number of halogens is 1. The van der Waals surface area contributed by atoms with E-state index in [1.165, 1.54) is 23.9 Å². The summed E-state index contributed by atoms with van der Waals surface area (Å²) in [6.07, 6.45) is 2.59. The Morgan fingerprint density at radius 1 is 1.33 bits per heavy atom. The minimum absolute atomic E-state index is 0.0646. The van der Waals surface area contributed by atoms with Crippen LogP contribution in [0.1, 0.15) is 32.0 Å². The number of hydrogen-bond donors (Lipinski definition) is 1. The highest BCUT2D eigenvalue weighted by Gasteiger charge is 2.22. The molecule has 0 saturated carbocycles. The number of rotatable bonds is 10. The number of aromatic nitrogens is 3. The van der Waals surface area contributed by atoms with E-state index < -0.39 is 5.91 Å². The number of nitrogens with zero attached hydrogens (tertiary/aromatic N) is 4. The molecule has 1 unspecified atom stereocenters. The Kier molecular flexibility index (Phi) is 7.81. The first kappa shape index (κ1) is 22.2. The molecule has 10 heteroatoms. The van der Waals surface area contributed by atoms with Crippen molar-refractivity contribution in [2.45, 2.75) is 50.4 Å². The van der Waals surface area contributed by atoms with Gasteiger partial charge in [0, 0.05) is 31.7 Å². The van der Waals surface area contributed by atoms with E-state index >= 15 is 0 Å². The molecular weight excluding hydrogens is 409 g/mol. The van der Waals surface area contributed by atoms with E-state index in [9.17, 15) is 14.0 Å². The van der Waals surface area contributed by atoms with Crippen LogP contribution in [0.2, 0.25) is 0 Å². The summed E-state index contributed by atoms with van der Waals surface area (Å²) >= 11 is 1.29. The van der Waals surface area contributed by atoms with Gasteiger partial charge in [0.05, 0.1) is 18.4 Å². The van der Waals surface area contributed by atoms with Crippen molar-refractivity contribution in [2.75, 3.05) is 23.8 Å². The Bertz CT molecular complexity index is 868. The van der Waals surface area contributed by atoms with Crippen LogP contribution in [0.5, 0.6) is 0 Å². The van der Waals surface area contributed by atoms with Crippen molar-refractivity contribution in [1.82, 2.24) is 14.8 Å². The Hall–Kier alpha value is -2.46. The molecule has 1 aromatic heterocycles. The van der Waals surface area contributed by atoms with E-state index in [2.05, 4.69) is 10.2 Å². The number of amides is 2. The predicted molar refractivity (Wildman–Crippen MR) is 112 cm³/mol. The van der Waals surface area contributed by atoms with Crippen LogP contribution in [-0.2, 0) is 27.3 Å². The summed E-state index contributed by atoms with van der Waals surface area (Å²) in [5.41, 5.74) is 5.92. The fourth-order valence-corrected chi connectivity index (χ4v) is 4.19. The van der Waals surface area contributed by atoms with Crippen LogP contribution in [0, 0.1) is 5.82 Å². The van der Waals surface area contributed by atoms with Gasteiger partial charge in [0.1, 0.15) is 11.6 Å². The van der Waals surface area contributed by atoms with E-state index in [1.807, 2.05) is 11.5 Å². The molecule has 1 fully saturated rings. The van der Waals surface area contributed by atoms with E-state index in [-0.39, 0.29) is 30.0 Å². The number of nitrogens with two attached hydrogens (primary N) is 1. The van der Waals surface area contributed by atoms with Crippen LogP contribution in [0.15, 0.2) is 29.4 Å². The van der Waals surface area contributed by atoms with Crippen molar-refractivity contribution in [3.63, 3.8) is 0 Å². The molecule has 0 bridgehead atoms. The van der Waals surface area contributed by atoms with Gasteiger partial charge in [0.15, 0.2) is 5.16 Å². The Labute approximate surface area is 179 Å². The quantitative estimate of drug-likeness (QED) is 0.574. The zero-order valence-electron chi connectivity index (χ0n) is 16.9. The number of hydrogen-bond acceptors (Lipinski definition) is 6. The molecule has 1 aliphatic heterocycles. The zero-order valence-corrected chi connectivity index (χ0v) is 17.7. The van der Waals surface area contributed by atoms with Gasteiger partial charge >= 0.3 is 0 Å². The van der Waals surface area contributed by atoms with E-state index in [1.54, 1.807) is 17.0 Å². The zero-order chi connectivity index (χ0) is 21.5. The maximum atomic E-state index is 13.2. The molecule has 0 radical (unpaired) electrons. The normalized spacial score (nSPS) is 16.0. The third-order valence-electron chi connectivity index (χ3n) is 4.88. The largest absolute Gasteiger partial charge is 0.376 e. The molecule has 1 atom stereocenters. The van der Waals surface area contributed by atoms with Crippen molar-refractivity contribution < 1.29 is 18.7 Å². The van der Waals surface area contributed by atoms with Gasteiger partial charge in [0.2, 0.25) is 11.8 Å². The van der Waals surface area contributed by atoms with Crippen molar-refractivity contribution in [3.8, 4) is 0 Å². The van der Waals surface area contributed by atoms with Crippen LogP contribution >= 0.6 is 11.8 Å². The topological polar surface area (TPSA) is 103 Å². The molecule has 3 rings (SSSR count). The number of anilines is 1. The molecule has 1 aliphatic rings. The maximum absolute atomic E-state index is 13.2. The second-order valence-corrected chi connectivity index (χ2v) is 7.96. The number of carbonyl (C=O) groups excluding carboxylic acids is 2. The number of benzene rings is 1. The van der Waals surface area contributed by atoms with Gasteiger partial charge in [-0.2, -0.15) is 0 Å². The van der Waals surface area contributed by atoms with Crippen LogP contribution in [0.3, 0.4) is 0 Å². The summed E-state index contributed by atoms with van der Waals surface area (Å²) in [4.78, 5) is 25.6. The van der Waals surface area contributed by atoms with Gasteiger partial charge in [-0.25, -0.2) is 4.39 Å². The number of primary amides is 1. The average Bonchev–Trinajstić information content (AvgIpc) is 3.37. The molecular formula is C20H26FN5O3S. The lowest BCUT2D eigenvalue weighted by Gasteiger charge is -2.21. The molecule has 1 saturated heterocycles. The average molecular weight is 436 g/mol. The van der Waals surface area contributed by atoms with Crippen LogP contribution in [-0.4, -0.2) is 51.6 Å². The molecule has 0 aliphatic carbocycles. The van der Waals surface area contributed by atoms with Gasteiger partial charge in [-0.05, 0) is 44.0 Å². The fourth-order valence-electron chi connectivity index (χ4n) is 3.35. The third kappa shape index (κ3) is 5.79. The molecule has 0 spiro atoms. The van der Waals surface area contributed by atoms with Gasteiger partial charge in [-0.15, -0.1) is 10.2 Å². The lowest BCUT2D eigenvalue weighted by atomic mass is 10.2. The molecule has 2 N–H and O–H groups in total. The minimum atomic E-state index is -0.399. The first-order chi connectivity index (χ1) is 14.5. The number of carbonyl (C=O) groups is 2. The molecule has 30 heavy (non-hydrogen) atoms. The summed E-state index contributed by atoms with van der Waals surface area (Å²) in [5, 5.41) is 9.03. The molecule has 2 heterocycles. The van der Waals surface area contributed by atoms with Gasteiger partial charge in [-0.1, -0.05) is 11.8 Å². The van der Waals surface area contributed by atoms with Crippen molar-refractivity contribution in [2.24, 2.45) is 5.73 Å². The molecule has 1 aromatic carbocycles. The van der Waals surface area contributed by atoms with E-state index in [4.69, 9.17) is 10.5 Å². The summed E-state index contributed by atoms with van der Waals surface area (Å²) in [5.74, 6) is -0.0408. The highest BCUT2D eigenvalue weighted by atomic mass is 32.2. The van der Waals surface area contributed by atoms with Crippen molar-refractivity contribution in [3.05, 3.63) is 35.9 Å². The Balaban J connectivity index is 1.70. The first-order valence-corrected chi connectivity index (χ1v) is 11.0. The van der Waals surface area contributed by atoms with Crippen molar-refractivity contribution >= 4 is 29.3 Å². The predicted octanol–water partition coefficient (Wildman–Crippen LogP) is 2.16. The second-order valence-electron chi connectivity index (χ2n) is 7.01. The summed E-state index contributed by atoms with van der Waals surface area (Å²) < 4.78 is 20.8. The lowest BCUT2D eigenvalue weighted by Crippen LogP contribution is -2.32. The Morgan fingerprint density at radius 2 is 2.10 bits per heavy atom. The van der Waals surface area contributed by atoms with Gasteiger partial charge in [0.25, 0.3) is 0 Å². The van der Waals surface area contributed by atoms with Gasteiger partial charge < -0.3 is 19.9 Å². The van der Waals surface area contributed by atoms with Crippen LogP contribution in [0.4, 0.5) is 10.1 Å². The maximum Gasteiger partial charge on any atom is 0.237 e. The highest BCUT2D eigenvalue weighted by molar-refractivity contribution is 7.99. The van der Waals surface area contributed by atoms with E-state index in [0.717, 1.165) is 19.4 Å². The summed E-state index contributed by atoms with van der Waals surface area (Å²) in [7, 11) is 0. The summed E-state index contributed by atoms with van der Waals surface area (Å²) in [6, 6.07) is 5.84. The number of aryl methyl sites for hydroxylation is 1. The molecule has 2 amide bonds.